The van der Waals surface area contributed by atoms with Crippen LogP contribution in [0.4, 0.5) is 5.69 Å². The number of anilines is 1. The van der Waals surface area contributed by atoms with Gasteiger partial charge in [0.1, 0.15) is 12.3 Å². The van der Waals surface area contributed by atoms with Gasteiger partial charge in [0.25, 0.3) is 0 Å². The van der Waals surface area contributed by atoms with Crippen molar-refractivity contribution in [1.29, 1.82) is 0 Å². The molecule has 0 spiro atoms. The number of nitrogens with zero attached hydrogens (tertiary/aromatic N) is 1. The number of carbonyl (C=O) groups excluding carboxylic acids is 1. The molecule has 0 aliphatic rings. The van der Waals surface area contributed by atoms with Crippen molar-refractivity contribution in [3.8, 4) is 5.75 Å². The van der Waals surface area contributed by atoms with Crippen LogP contribution in [0.3, 0.4) is 0 Å². The summed E-state index contributed by atoms with van der Waals surface area (Å²) in [5.41, 5.74) is 2.46. The Kier molecular flexibility index (Phi) is 8.08. The Morgan fingerprint density at radius 1 is 1.14 bits per heavy atom. The average molecular weight is 419 g/mol. The minimum absolute atomic E-state index is 0.121. The maximum atomic E-state index is 12.3. The van der Waals surface area contributed by atoms with Crippen LogP contribution in [-0.2, 0) is 21.2 Å². The second-order valence-corrected chi connectivity index (χ2v) is 9.23. The van der Waals surface area contributed by atoms with E-state index >= 15 is 0 Å². The standard InChI is InChI=1S/C22H30N2O4S/c1-17(2)28-20-12-7-10-19(15-20)11-8-14-23-22(25)16-24(29(4,26)27)21-13-6-5-9-18(21)3/h5-7,9-10,12-13,15,17H,8,11,14,16H2,1-4H3,(H,23,25). The van der Waals surface area contributed by atoms with Gasteiger partial charge in [-0.2, -0.15) is 0 Å². The molecule has 1 N–H and O–H groups in total. The number of rotatable bonds is 10. The second-order valence-electron chi connectivity index (χ2n) is 7.32. The molecule has 0 radical (unpaired) electrons. The van der Waals surface area contributed by atoms with Gasteiger partial charge in [-0.3, -0.25) is 9.10 Å². The van der Waals surface area contributed by atoms with Crippen molar-refractivity contribution < 1.29 is 17.9 Å². The number of sulfonamides is 1. The van der Waals surface area contributed by atoms with Crippen molar-refractivity contribution in [3.63, 3.8) is 0 Å². The van der Waals surface area contributed by atoms with Gasteiger partial charge in [0.15, 0.2) is 0 Å². The number of hydrogen-bond donors (Lipinski definition) is 1. The molecule has 0 fully saturated rings. The zero-order chi connectivity index (χ0) is 21.4. The Labute approximate surface area is 173 Å². The van der Waals surface area contributed by atoms with Gasteiger partial charge in [-0.05, 0) is 62.9 Å². The summed E-state index contributed by atoms with van der Waals surface area (Å²) in [5, 5.41) is 2.82. The van der Waals surface area contributed by atoms with E-state index in [-0.39, 0.29) is 18.6 Å². The molecule has 0 saturated heterocycles. The summed E-state index contributed by atoms with van der Waals surface area (Å²) < 4.78 is 31.2. The summed E-state index contributed by atoms with van der Waals surface area (Å²) in [6.07, 6.45) is 2.78. The predicted molar refractivity (Wildman–Crippen MR) is 117 cm³/mol. The van der Waals surface area contributed by atoms with Crippen molar-refractivity contribution >= 4 is 21.6 Å². The monoisotopic (exact) mass is 418 g/mol. The van der Waals surface area contributed by atoms with Gasteiger partial charge in [-0.25, -0.2) is 8.42 Å². The summed E-state index contributed by atoms with van der Waals surface area (Å²) in [6, 6.07) is 15.0. The van der Waals surface area contributed by atoms with Crippen molar-refractivity contribution in [2.45, 2.75) is 39.7 Å². The Morgan fingerprint density at radius 3 is 2.52 bits per heavy atom. The Bertz CT molecular complexity index is 926. The zero-order valence-corrected chi connectivity index (χ0v) is 18.3. The predicted octanol–water partition coefficient (Wildman–Crippen LogP) is 3.30. The average Bonchev–Trinajstić information content (AvgIpc) is 2.63. The van der Waals surface area contributed by atoms with Crippen LogP contribution in [-0.4, -0.2) is 39.8 Å². The van der Waals surface area contributed by atoms with Gasteiger partial charge in [0.2, 0.25) is 15.9 Å². The van der Waals surface area contributed by atoms with E-state index in [1.54, 1.807) is 12.1 Å². The van der Waals surface area contributed by atoms with E-state index in [9.17, 15) is 13.2 Å². The number of para-hydroxylation sites is 1. The minimum Gasteiger partial charge on any atom is -0.491 e. The highest BCUT2D eigenvalue weighted by Gasteiger charge is 2.21. The summed E-state index contributed by atoms with van der Waals surface area (Å²) in [6.45, 7) is 6.03. The van der Waals surface area contributed by atoms with E-state index in [0.29, 0.717) is 12.2 Å². The number of ether oxygens (including phenoxy) is 1. The third kappa shape index (κ3) is 7.42. The first-order valence-electron chi connectivity index (χ1n) is 9.72. The Hall–Kier alpha value is -2.54. The van der Waals surface area contributed by atoms with Crippen LogP contribution in [0.5, 0.6) is 5.75 Å². The molecule has 2 aromatic rings. The largest absolute Gasteiger partial charge is 0.491 e. The first-order valence-corrected chi connectivity index (χ1v) is 11.6. The SMILES string of the molecule is Cc1ccccc1N(CC(=O)NCCCc1cccc(OC(C)C)c1)S(C)(=O)=O. The van der Waals surface area contributed by atoms with Crippen LogP contribution in [0, 0.1) is 6.92 Å². The molecule has 0 bridgehead atoms. The highest BCUT2D eigenvalue weighted by atomic mass is 32.2. The van der Waals surface area contributed by atoms with E-state index in [0.717, 1.165) is 40.3 Å². The van der Waals surface area contributed by atoms with E-state index in [1.807, 2.05) is 57.2 Å². The third-order valence-electron chi connectivity index (χ3n) is 4.31. The number of amides is 1. The van der Waals surface area contributed by atoms with Crippen molar-refractivity contribution in [1.82, 2.24) is 5.32 Å². The first-order chi connectivity index (χ1) is 13.7. The van der Waals surface area contributed by atoms with Crippen LogP contribution < -0.4 is 14.4 Å². The fourth-order valence-corrected chi connectivity index (χ4v) is 3.89. The topological polar surface area (TPSA) is 75.7 Å². The van der Waals surface area contributed by atoms with Crippen molar-refractivity contribution in [2.75, 3.05) is 23.7 Å². The van der Waals surface area contributed by atoms with Crippen molar-refractivity contribution in [2.24, 2.45) is 0 Å². The van der Waals surface area contributed by atoms with Gasteiger partial charge in [-0.15, -0.1) is 0 Å². The lowest BCUT2D eigenvalue weighted by Crippen LogP contribution is -2.41. The Morgan fingerprint density at radius 2 is 1.86 bits per heavy atom. The molecule has 2 rings (SSSR count). The molecule has 2 aromatic carbocycles. The normalized spacial score (nSPS) is 11.3. The second kappa shape index (κ2) is 10.3. The van der Waals surface area contributed by atoms with Gasteiger partial charge in [0.05, 0.1) is 18.0 Å². The molecule has 0 atom stereocenters. The summed E-state index contributed by atoms with van der Waals surface area (Å²) in [7, 11) is -3.57. The molecule has 0 saturated carbocycles. The van der Waals surface area contributed by atoms with Gasteiger partial charge < -0.3 is 10.1 Å². The van der Waals surface area contributed by atoms with Crippen LogP contribution in [0.1, 0.15) is 31.4 Å². The Balaban J connectivity index is 1.88. The van der Waals surface area contributed by atoms with Crippen LogP contribution >= 0.6 is 0 Å². The molecule has 0 aliphatic heterocycles. The number of carbonyl (C=O) groups is 1. The molecule has 158 valence electrons. The lowest BCUT2D eigenvalue weighted by atomic mass is 10.1. The molecular formula is C22H30N2O4S. The van der Waals surface area contributed by atoms with E-state index in [2.05, 4.69) is 5.32 Å². The lowest BCUT2D eigenvalue weighted by Gasteiger charge is -2.23. The maximum Gasteiger partial charge on any atom is 0.240 e. The van der Waals surface area contributed by atoms with E-state index < -0.39 is 10.0 Å². The molecule has 0 heterocycles. The molecular weight excluding hydrogens is 388 g/mol. The number of nitrogens with one attached hydrogen (secondary N) is 1. The summed E-state index contributed by atoms with van der Waals surface area (Å²) >= 11 is 0. The number of benzene rings is 2. The fraction of sp³-hybridized carbons (Fsp3) is 0.409. The molecule has 29 heavy (non-hydrogen) atoms. The van der Waals surface area contributed by atoms with Gasteiger partial charge in [0, 0.05) is 6.54 Å². The zero-order valence-electron chi connectivity index (χ0n) is 17.5. The van der Waals surface area contributed by atoms with E-state index in [1.165, 1.54) is 0 Å². The minimum atomic E-state index is -3.57. The van der Waals surface area contributed by atoms with Crippen LogP contribution in [0.15, 0.2) is 48.5 Å². The molecule has 6 nitrogen and oxygen atoms in total. The highest BCUT2D eigenvalue weighted by Crippen LogP contribution is 2.21. The number of aryl methyl sites for hydroxylation is 2. The molecule has 1 amide bonds. The number of hydrogen-bond acceptors (Lipinski definition) is 4. The summed E-state index contributed by atoms with van der Waals surface area (Å²) in [4.78, 5) is 12.3. The van der Waals surface area contributed by atoms with Gasteiger partial charge in [-0.1, -0.05) is 30.3 Å². The molecule has 0 aromatic heterocycles. The van der Waals surface area contributed by atoms with Crippen LogP contribution in [0.25, 0.3) is 0 Å². The highest BCUT2D eigenvalue weighted by molar-refractivity contribution is 7.92. The summed E-state index contributed by atoms with van der Waals surface area (Å²) in [5.74, 6) is 0.513. The third-order valence-corrected chi connectivity index (χ3v) is 5.43. The molecule has 0 aliphatic carbocycles. The fourth-order valence-electron chi connectivity index (χ4n) is 2.98. The van der Waals surface area contributed by atoms with Crippen LogP contribution in [0.2, 0.25) is 0 Å². The molecule has 7 heteroatoms. The first kappa shape index (κ1) is 22.7. The van der Waals surface area contributed by atoms with Crippen molar-refractivity contribution in [3.05, 3.63) is 59.7 Å². The molecule has 0 unspecified atom stereocenters. The maximum absolute atomic E-state index is 12.3. The smallest absolute Gasteiger partial charge is 0.240 e. The van der Waals surface area contributed by atoms with Gasteiger partial charge >= 0.3 is 0 Å². The quantitative estimate of drug-likeness (QED) is 0.601. The lowest BCUT2D eigenvalue weighted by molar-refractivity contribution is -0.119. The van der Waals surface area contributed by atoms with E-state index in [4.69, 9.17) is 4.74 Å².